The Hall–Kier alpha value is -3.45. The lowest BCUT2D eigenvalue weighted by Gasteiger charge is -2.26. The van der Waals surface area contributed by atoms with Crippen LogP contribution in [0.4, 0.5) is 18.9 Å². The quantitative estimate of drug-likeness (QED) is 0.364. The number of ether oxygens (including phenoxy) is 2. The van der Waals surface area contributed by atoms with E-state index in [1.165, 1.54) is 11.1 Å². The predicted octanol–water partition coefficient (Wildman–Crippen LogP) is 7.40. The third-order valence-electron chi connectivity index (χ3n) is 5.55. The summed E-state index contributed by atoms with van der Waals surface area (Å²) in [5.41, 5.74) is 1.71. The van der Waals surface area contributed by atoms with E-state index in [1.54, 1.807) is 14.2 Å². The molecule has 0 saturated heterocycles. The summed E-state index contributed by atoms with van der Waals surface area (Å²) in [6.07, 6.45) is -0.357. The van der Waals surface area contributed by atoms with Crippen molar-refractivity contribution in [2.45, 2.75) is 18.6 Å². The second kappa shape index (κ2) is 9.81. The first kappa shape index (κ1) is 23.7. The first-order chi connectivity index (χ1) is 16.3. The lowest BCUT2D eigenvalue weighted by atomic mass is 9.99. The minimum absolute atomic E-state index is 0.173. The highest BCUT2D eigenvalue weighted by Gasteiger charge is 2.35. The molecule has 0 fully saturated rings. The van der Waals surface area contributed by atoms with Gasteiger partial charge in [0.05, 0.1) is 42.2 Å². The Kier molecular flexibility index (Phi) is 6.84. The third-order valence-corrected chi connectivity index (χ3v) is 5.87. The fourth-order valence-electron chi connectivity index (χ4n) is 3.89. The van der Waals surface area contributed by atoms with Crippen molar-refractivity contribution in [3.8, 4) is 11.5 Å². The largest absolute Gasteiger partial charge is 0.496 e. The van der Waals surface area contributed by atoms with E-state index in [-0.39, 0.29) is 10.7 Å². The van der Waals surface area contributed by atoms with Crippen LogP contribution in [0.15, 0.2) is 77.9 Å². The monoisotopic (exact) mass is 486 g/mol. The van der Waals surface area contributed by atoms with E-state index < -0.39 is 17.8 Å². The molecule has 0 aromatic heterocycles. The van der Waals surface area contributed by atoms with Gasteiger partial charge in [0, 0.05) is 17.5 Å². The first-order valence-corrected chi connectivity index (χ1v) is 10.9. The summed E-state index contributed by atoms with van der Waals surface area (Å²) >= 11 is 6.37. The van der Waals surface area contributed by atoms with Crippen LogP contribution in [0.3, 0.4) is 0 Å². The minimum Gasteiger partial charge on any atom is -0.496 e. The summed E-state index contributed by atoms with van der Waals surface area (Å²) < 4.78 is 51.2. The van der Waals surface area contributed by atoms with Crippen LogP contribution in [0.1, 0.15) is 29.2 Å². The zero-order chi connectivity index (χ0) is 24.3. The van der Waals surface area contributed by atoms with Crippen molar-refractivity contribution in [3.05, 3.63) is 94.5 Å². The molecule has 0 saturated carbocycles. The molecule has 1 aliphatic rings. The second-order valence-corrected chi connectivity index (χ2v) is 8.04. The number of hydrazone groups is 1. The van der Waals surface area contributed by atoms with Crippen molar-refractivity contribution in [3.63, 3.8) is 0 Å². The Balaban J connectivity index is 1.78. The maximum atomic E-state index is 13.4. The standard InChI is InChI=1S/C26H22ClF3N2O2/c1-33-24-9-5-3-7-17(24)11-13-19-16-22(20-8-4-6-10-25(20)34-2)32(31-19)23-15-18(26(28,29)30)12-14-21(23)27/h3-15,22H,16H2,1-2H3/b13-11+. The molecular weight excluding hydrogens is 465 g/mol. The third kappa shape index (κ3) is 4.89. The molecule has 0 aliphatic carbocycles. The van der Waals surface area contributed by atoms with E-state index in [1.807, 2.05) is 60.7 Å². The molecule has 0 spiro atoms. The number of alkyl halides is 3. The van der Waals surface area contributed by atoms with Crippen molar-refractivity contribution in [1.82, 2.24) is 0 Å². The number of hydrogen-bond donors (Lipinski definition) is 0. The predicted molar refractivity (Wildman–Crippen MR) is 129 cm³/mol. The molecule has 34 heavy (non-hydrogen) atoms. The molecule has 0 radical (unpaired) electrons. The number of rotatable bonds is 6. The molecule has 1 aliphatic heterocycles. The zero-order valence-corrected chi connectivity index (χ0v) is 19.3. The van der Waals surface area contributed by atoms with Crippen molar-refractivity contribution in [2.24, 2.45) is 5.10 Å². The van der Waals surface area contributed by atoms with E-state index >= 15 is 0 Å². The lowest BCUT2D eigenvalue weighted by molar-refractivity contribution is -0.137. The Morgan fingerprint density at radius 2 is 1.62 bits per heavy atom. The number of halogens is 4. The Bertz CT molecular complexity index is 1240. The molecule has 1 unspecified atom stereocenters. The van der Waals surface area contributed by atoms with Crippen LogP contribution in [-0.2, 0) is 6.18 Å². The van der Waals surface area contributed by atoms with Gasteiger partial charge in [0.1, 0.15) is 11.5 Å². The molecule has 3 aromatic carbocycles. The summed E-state index contributed by atoms with van der Waals surface area (Å²) in [5.74, 6) is 1.32. The Morgan fingerprint density at radius 1 is 0.941 bits per heavy atom. The molecule has 1 atom stereocenters. The fourth-order valence-corrected chi connectivity index (χ4v) is 4.10. The Labute approximate surface area is 200 Å². The molecule has 4 nitrogen and oxygen atoms in total. The molecule has 176 valence electrons. The van der Waals surface area contributed by atoms with Gasteiger partial charge in [0.2, 0.25) is 0 Å². The highest BCUT2D eigenvalue weighted by molar-refractivity contribution is 6.33. The average Bonchev–Trinajstić information content (AvgIpc) is 3.26. The zero-order valence-electron chi connectivity index (χ0n) is 18.5. The normalized spacial score (nSPS) is 16.1. The first-order valence-electron chi connectivity index (χ1n) is 10.5. The van der Waals surface area contributed by atoms with Gasteiger partial charge in [-0.1, -0.05) is 48.0 Å². The number of benzene rings is 3. The van der Waals surface area contributed by atoms with Crippen LogP contribution in [0, 0.1) is 0 Å². The topological polar surface area (TPSA) is 34.1 Å². The molecule has 0 amide bonds. The SMILES string of the molecule is COc1ccccc1/C=C/C1=NN(c2cc(C(F)(F)F)ccc2Cl)C(c2ccccc2OC)C1. The highest BCUT2D eigenvalue weighted by atomic mass is 35.5. The molecule has 0 bridgehead atoms. The summed E-state index contributed by atoms with van der Waals surface area (Å²) in [6, 6.07) is 17.7. The maximum absolute atomic E-state index is 13.4. The molecule has 8 heteroatoms. The van der Waals surface area contributed by atoms with Gasteiger partial charge in [0.25, 0.3) is 0 Å². The van der Waals surface area contributed by atoms with E-state index in [9.17, 15) is 13.2 Å². The van der Waals surface area contributed by atoms with Crippen LogP contribution in [-0.4, -0.2) is 19.9 Å². The molecule has 3 aromatic rings. The molecule has 1 heterocycles. The van der Waals surface area contributed by atoms with Gasteiger partial charge in [0.15, 0.2) is 0 Å². The van der Waals surface area contributed by atoms with E-state index in [2.05, 4.69) is 5.10 Å². The lowest BCUT2D eigenvalue weighted by Crippen LogP contribution is -2.20. The number of para-hydroxylation sites is 2. The van der Waals surface area contributed by atoms with Gasteiger partial charge in [-0.05, 0) is 42.5 Å². The van der Waals surface area contributed by atoms with Crippen molar-refractivity contribution >= 4 is 29.1 Å². The number of methoxy groups -OCH3 is 2. The maximum Gasteiger partial charge on any atom is 0.416 e. The summed E-state index contributed by atoms with van der Waals surface area (Å²) in [7, 11) is 3.15. The van der Waals surface area contributed by atoms with Gasteiger partial charge >= 0.3 is 6.18 Å². The molecule has 0 N–H and O–H groups in total. The molecular formula is C26H22ClF3N2O2. The van der Waals surface area contributed by atoms with Gasteiger partial charge < -0.3 is 9.47 Å². The van der Waals surface area contributed by atoms with E-state index in [0.717, 1.165) is 23.3 Å². The molecule has 4 rings (SSSR count). The Morgan fingerprint density at radius 3 is 2.32 bits per heavy atom. The van der Waals surface area contributed by atoms with Crippen LogP contribution >= 0.6 is 11.6 Å². The average molecular weight is 487 g/mol. The van der Waals surface area contributed by atoms with Crippen molar-refractivity contribution in [1.29, 1.82) is 0 Å². The van der Waals surface area contributed by atoms with Crippen LogP contribution in [0.25, 0.3) is 6.08 Å². The van der Waals surface area contributed by atoms with E-state index in [0.29, 0.717) is 23.6 Å². The van der Waals surface area contributed by atoms with Gasteiger partial charge in [-0.25, -0.2) is 0 Å². The van der Waals surface area contributed by atoms with Crippen molar-refractivity contribution < 1.29 is 22.6 Å². The summed E-state index contributed by atoms with van der Waals surface area (Å²) in [6.45, 7) is 0. The fraction of sp³-hybridized carbons (Fsp3) is 0.192. The summed E-state index contributed by atoms with van der Waals surface area (Å²) in [4.78, 5) is 0. The van der Waals surface area contributed by atoms with Gasteiger partial charge in [-0.2, -0.15) is 18.3 Å². The van der Waals surface area contributed by atoms with Gasteiger partial charge in [-0.15, -0.1) is 0 Å². The smallest absolute Gasteiger partial charge is 0.416 e. The van der Waals surface area contributed by atoms with Crippen LogP contribution in [0.5, 0.6) is 11.5 Å². The van der Waals surface area contributed by atoms with Crippen LogP contribution in [0.2, 0.25) is 5.02 Å². The van der Waals surface area contributed by atoms with Crippen molar-refractivity contribution in [2.75, 3.05) is 19.2 Å². The number of nitrogens with zero attached hydrogens (tertiary/aromatic N) is 2. The number of hydrogen-bond acceptors (Lipinski definition) is 4. The minimum atomic E-state index is -4.50. The number of anilines is 1. The van der Waals surface area contributed by atoms with E-state index in [4.69, 9.17) is 21.1 Å². The van der Waals surface area contributed by atoms with Crippen LogP contribution < -0.4 is 14.5 Å². The second-order valence-electron chi connectivity index (χ2n) is 7.64. The number of allylic oxidation sites excluding steroid dienone is 1. The van der Waals surface area contributed by atoms with Gasteiger partial charge in [-0.3, -0.25) is 5.01 Å². The summed E-state index contributed by atoms with van der Waals surface area (Å²) in [5, 5.41) is 6.37. The highest BCUT2D eigenvalue weighted by Crippen LogP contribution is 2.43.